The van der Waals surface area contributed by atoms with Crippen LogP contribution in [0.15, 0.2) is 27.2 Å². The molecule has 2 amide bonds. The quantitative estimate of drug-likeness (QED) is 0.238. The molecule has 4 rings (SSSR count). The van der Waals surface area contributed by atoms with Gasteiger partial charge < -0.3 is 26.7 Å². The largest absolute Gasteiger partial charge is 0.477 e. The molecule has 1 unspecified atom stereocenters. The zero-order valence-corrected chi connectivity index (χ0v) is 18.9. The number of nitrogens with one attached hydrogen (secondary N) is 1. The van der Waals surface area contributed by atoms with Crippen molar-refractivity contribution in [3.05, 3.63) is 33.4 Å². The predicted molar refractivity (Wildman–Crippen MR) is 120 cm³/mol. The Labute approximate surface area is 193 Å². The summed E-state index contributed by atoms with van der Waals surface area (Å²) in [6.07, 6.45) is 0. The number of oxime groups is 1. The fourth-order valence-electron chi connectivity index (χ4n) is 3.14. The van der Waals surface area contributed by atoms with Crippen molar-refractivity contribution in [2.24, 2.45) is 5.16 Å². The van der Waals surface area contributed by atoms with Gasteiger partial charge in [-0.05, 0) is 12.5 Å². The maximum absolute atomic E-state index is 13.0. The van der Waals surface area contributed by atoms with Crippen molar-refractivity contribution in [2.75, 3.05) is 17.2 Å². The molecule has 1 saturated heterocycles. The van der Waals surface area contributed by atoms with E-state index in [-0.39, 0.29) is 28.8 Å². The zero-order valence-electron chi connectivity index (χ0n) is 16.5. The number of fused-ring (bicyclic) bond motifs is 1. The molecule has 12 nitrogen and oxygen atoms in total. The van der Waals surface area contributed by atoms with Gasteiger partial charge in [-0.1, -0.05) is 5.16 Å². The van der Waals surface area contributed by atoms with Crippen molar-refractivity contribution in [2.45, 2.75) is 24.9 Å². The highest BCUT2D eigenvalue weighted by Crippen LogP contribution is 2.40. The first kappa shape index (κ1) is 22.0. The molecular formula is C17H17N7O5S3. The first-order valence-electron chi connectivity index (χ1n) is 9.06. The predicted octanol–water partition coefficient (Wildman–Crippen LogP) is 0.443. The zero-order chi connectivity index (χ0) is 23.0. The highest BCUT2D eigenvalue weighted by Gasteiger charge is 2.54. The molecule has 32 heavy (non-hydrogen) atoms. The number of thiazole rings is 2. The Morgan fingerprint density at radius 1 is 1.31 bits per heavy atom. The summed E-state index contributed by atoms with van der Waals surface area (Å²) in [5, 5.41) is 19.3. The Hall–Kier alpha value is -3.17. The number of hydrogen-bond acceptors (Lipinski definition) is 12. The molecule has 168 valence electrons. The normalized spacial score (nSPS) is 20.6. The van der Waals surface area contributed by atoms with E-state index >= 15 is 0 Å². The lowest BCUT2D eigenvalue weighted by Gasteiger charge is -2.49. The topological polar surface area (TPSA) is 186 Å². The summed E-state index contributed by atoms with van der Waals surface area (Å²) < 4.78 is 0. The van der Waals surface area contributed by atoms with Gasteiger partial charge in [-0.25, -0.2) is 14.8 Å². The summed E-state index contributed by atoms with van der Waals surface area (Å²) in [5.41, 5.74) is 12.4. The van der Waals surface area contributed by atoms with Gasteiger partial charge >= 0.3 is 5.97 Å². The molecule has 15 heteroatoms. The van der Waals surface area contributed by atoms with Crippen LogP contribution in [-0.4, -0.2) is 60.6 Å². The highest BCUT2D eigenvalue weighted by molar-refractivity contribution is 8.00. The molecule has 2 aromatic rings. The van der Waals surface area contributed by atoms with E-state index in [4.69, 9.17) is 16.3 Å². The molecule has 4 heterocycles. The van der Waals surface area contributed by atoms with E-state index in [0.717, 1.165) is 11.3 Å². The number of hydrogen-bond donors (Lipinski definition) is 4. The average Bonchev–Trinajstić information content (AvgIpc) is 3.36. The molecule has 2 aliphatic rings. The van der Waals surface area contributed by atoms with E-state index in [2.05, 4.69) is 20.4 Å². The molecule has 0 bridgehead atoms. The third-order valence-corrected chi connectivity index (χ3v) is 7.39. The fraction of sp³-hybridized carbons (Fsp3) is 0.294. The lowest BCUT2D eigenvalue weighted by Crippen LogP contribution is -2.71. The third kappa shape index (κ3) is 4.13. The van der Waals surface area contributed by atoms with Gasteiger partial charge in [0.1, 0.15) is 22.8 Å². The molecule has 0 spiro atoms. The minimum Gasteiger partial charge on any atom is -0.477 e. The van der Waals surface area contributed by atoms with Crippen LogP contribution in [0.2, 0.25) is 0 Å². The van der Waals surface area contributed by atoms with Crippen molar-refractivity contribution in [1.82, 2.24) is 20.2 Å². The standard InChI is InChI=1S/C17H17N7O5S3/c1-6-3-30-14-10(13(26)24(14)11(6)15(27)28)22-12(25)9(8-5-32-17(19)21-8)23-29-2-7-4-31-16(18)20-7/h4-5,10,14H,2-3H2,1H3,(H2,18,20)(H2,19,21)(H,22,25)(H,27,28)/b23-9-/t10?,14-/m1/s1. The van der Waals surface area contributed by atoms with Gasteiger partial charge in [-0.3, -0.25) is 14.5 Å². The second-order valence-electron chi connectivity index (χ2n) is 6.76. The summed E-state index contributed by atoms with van der Waals surface area (Å²) in [7, 11) is 0. The number of anilines is 2. The Kier molecular flexibility index (Phi) is 6.03. The summed E-state index contributed by atoms with van der Waals surface area (Å²) in [4.78, 5) is 51.7. The van der Waals surface area contributed by atoms with Crippen LogP contribution in [0.25, 0.3) is 0 Å². The first-order valence-corrected chi connectivity index (χ1v) is 11.9. The maximum atomic E-state index is 13.0. The van der Waals surface area contributed by atoms with E-state index in [1.807, 2.05) is 0 Å². The Bertz CT molecular complexity index is 1160. The van der Waals surface area contributed by atoms with Crippen LogP contribution in [0, 0.1) is 0 Å². The van der Waals surface area contributed by atoms with Crippen LogP contribution >= 0.6 is 34.4 Å². The van der Waals surface area contributed by atoms with Crippen molar-refractivity contribution < 1.29 is 24.3 Å². The number of amides is 2. The van der Waals surface area contributed by atoms with Gasteiger partial charge in [0.05, 0.1) is 5.69 Å². The Morgan fingerprint density at radius 2 is 2.03 bits per heavy atom. The minimum atomic E-state index is -1.18. The summed E-state index contributed by atoms with van der Waals surface area (Å²) >= 11 is 3.73. The molecule has 2 aliphatic heterocycles. The van der Waals surface area contributed by atoms with Crippen molar-refractivity contribution in [1.29, 1.82) is 0 Å². The maximum Gasteiger partial charge on any atom is 0.352 e. The number of aromatic nitrogens is 2. The van der Waals surface area contributed by atoms with Gasteiger partial charge in [0, 0.05) is 16.5 Å². The molecule has 2 aromatic heterocycles. The molecule has 6 N–H and O–H groups in total. The van der Waals surface area contributed by atoms with Crippen LogP contribution in [-0.2, 0) is 25.8 Å². The number of carboxylic acid groups (broad SMARTS) is 1. The monoisotopic (exact) mass is 495 g/mol. The van der Waals surface area contributed by atoms with E-state index in [1.165, 1.54) is 33.4 Å². The molecule has 2 atom stereocenters. The molecule has 0 aliphatic carbocycles. The number of carbonyl (C=O) groups excluding carboxylic acids is 2. The van der Waals surface area contributed by atoms with Crippen molar-refractivity contribution in [3.63, 3.8) is 0 Å². The second kappa shape index (κ2) is 8.76. The number of nitrogens with two attached hydrogens (primary N) is 2. The van der Waals surface area contributed by atoms with E-state index in [9.17, 15) is 19.5 Å². The SMILES string of the molecule is CC1=C(C(=O)O)N2C(=O)C(NC(=O)/C(=N\OCc3csc(N)n3)c3csc(N)n3)[C@H]2SC1. The van der Waals surface area contributed by atoms with E-state index in [1.54, 1.807) is 12.3 Å². The molecule has 0 radical (unpaired) electrons. The summed E-state index contributed by atoms with van der Waals surface area (Å²) in [6.45, 7) is 1.64. The number of rotatable bonds is 7. The lowest BCUT2D eigenvalue weighted by molar-refractivity contribution is -0.150. The number of β-lactam (4-membered cyclic amide) rings is 1. The number of carboxylic acids is 1. The fourth-order valence-corrected chi connectivity index (χ4v) is 5.53. The summed E-state index contributed by atoms with van der Waals surface area (Å²) in [6, 6.07) is -0.908. The van der Waals surface area contributed by atoms with Crippen molar-refractivity contribution >= 4 is 68.2 Å². The summed E-state index contributed by atoms with van der Waals surface area (Å²) in [5.74, 6) is -1.95. The van der Waals surface area contributed by atoms with E-state index < -0.39 is 29.2 Å². The Balaban J connectivity index is 1.50. The van der Waals surface area contributed by atoms with Crippen LogP contribution in [0.3, 0.4) is 0 Å². The van der Waals surface area contributed by atoms with E-state index in [0.29, 0.717) is 22.2 Å². The van der Waals surface area contributed by atoms with Crippen LogP contribution in [0.4, 0.5) is 10.3 Å². The molecular weight excluding hydrogens is 478 g/mol. The third-order valence-electron chi connectivity index (χ3n) is 4.57. The number of thioether (sulfide) groups is 1. The number of nitrogens with zero attached hydrogens (tertiary/aromatic N) is 4. The van der Waals surface area contributed by atoms with Gasteiger partial charge in [0.15, 0.2) is 22.6 Å². The second-order valence-corrected chi connectivity index (χ2v) is 9.64. The smallest absolute Gasteiger partial charge is 0.352 e. The van der Waals surface area contributed by atoms with Crippen LogP contribution < -0.4 is 16.8 Å². The highest BCUT2D eigenvalue weighted by atomic mass is 32.2. The van der Waals surface area contributed by atoms with Crippen molar-refractivity contribution in [3.8, 4) is 0 Å². The number of nitrogen functional groups attached to an aromatic ring is 2. The van der Waals surface area contributed by atoms with Gasteiger partial charge in [0.25, 0.3) is 11.8 Å². The van der Waals surface area contributed by atoms with Crippen LogP contribution in [0.1, 0.15) is 18.3 Å². The number of carbonyl (C=O) groups is 3. The lowest BCUT2D eigenvalue weighted by atomic mass is 10.0. The molecule has 1 fully saturated rings. The average molecular weight is 496 g/mol. The minimum absolute atomic E-state index is 0.0231. The first-order chi connectivity index (χ1) is 15.3. The van der Waals surface area contributed by atoms with Crippen LogP contribution in [0.5, 0.6) is 0 Å². The molecule has 0 aromatic carbocycles. The van der Waals surface area contributed by atoms with Gasteiger partial charge in [-0.15, -0.1) is 34.4 Å². The van der Waals surface area contributed by atoms with Gasteiger partial charge in [0.2, 0.25) is 0 Å². The molecule has 0 saturated carbocycles. The Morgan fingerprint density at radius 3 is 2.66 bits per heavy atom. The van der Waals surface area contributed by atoms with Gasteiger partial charge in [-0.2, -0.15) is 0 Å². The number of aliphatic carboxylic acids is 1.